The highest BCUT2D eigenvalue weighted by molar-refractivity contribution is 7.11. The second-order valence-electron chi connectivity index (χ2n) is 7.93. The molecule has 1 amide bonds. The van der Waals surface area contributed by atoms with Gasteiger partial charge in [0.15, 0.2) is 11.9 Å². The van der Waals surface area contributed by atoms with E-state index in [0.29, 0.717) is 23.4 Å². The van der Waals surface area contributed by atoms with E-state index < -0.39 is 6.10 Å². The summed E-state index contributed by atoms with van der Waals surface area (Å²) in [5.41, 5.74) is 3.88. The van der Waals surface area contributed by atoms with Crippen molar-refractivity contribution in [2.24, 2.45) is 0 Å². The summed E-state index contributed by atoms with van der Waals surface area (Å²) in [4.78, 5) is 37.0. The molecule has 32 heavy (non-hydrogen) atoms. The molecule has 1 aliphatic rings. The number of carbonyl (C=O) groups excluding carboxylic acids is 2. The van der Waals surface area contributed by atoms with Gasteiger partial charge in [-0.2, -0.15) is 0 Å². The number of ketones is 1. The first kappa shape index (κ1) is 20.5. The van der Waals surface area contributed by atoms with Crippen LogP contribution in [0.15, 0.2) is 48.7 Å². The normalized spacial score (nSPS) is 15.7. The lowest BCUT2D eigenvalue weighted by molar-refractivity contribution is -0.126. The molecule has 1 unspecified atom stereocenters. The molecule has 0 aliphatic carbocycles. The van der Waals surface area contributed by atoms with Gasteiger partial charge in [-0.3, -0.25) is 14.5 Å². The molecule has 0 saturated heterocycles. The van der Waals surface area contributed by atoms with Crippen LogP contribution in [-0.2, 0) is 4.79 Å². The first-order valence-electron chi connectivity index (χ1n) is 10.6. The molecule has 0 bridgehead atoms. The number of hydrogen-bond acceptors (Lipinski definition) is 5. The van der Waals surface area contributed by atoms with Crippen molar-refractivity contribution in [3.05, 3.63) is 64.1 Å². The molecule has 3 heterocycles. The number of anilines is 1. The van der Waals surface area contributed by atoms with E-state index in [9.17, 15) is 9.59 Å². The summed E-state index contributed by atoms with van der Waals surface area (Å²) in [5.74, 6) is 0.289. The Labute approximate surface area is 189 Å². The lowest BCUT2D eigenvalue weighted by atomic mass is 10.0. The number of ether oxygens (including phenoxy) is 1. The van der Waals surface area contributed by atoms with E-state index in [1.165, 1.54) is 0 Å². The highest BCUT2D eigenvalue weighted by Crippen LogP contribution is 2.39. The Balaban J connectivity index is 1.55. The minimum absolute atomic E-state index is 0.0495. The number of nitrogens with zero attached hydrogens (tertiary/aromatic N) is 2. The molecule has 1 aliphatic heterocycles. The zero-order chi connectivity index (χ0) is 22.4. The number of aromatic amines is 1. The van der Waals surface area contributed by atoms with E-state index in [4.69, 9.17) is 4.74 Å². The van der Waals surface area contributed by atoms with Gasteiger partial charge in [-0.15, -0.1) is 11.3 Å². The topological polar surface area (TPSA) is 75.3 Å². The van der Waals surface area contributed by atoms with Gasteiger partial charge in [0, 0.05) is 33.1 Å². The highest BCUT2D eigenvalue weighted by Gasteiger charge is 2.35. The first-order valence-corrected chi connectivity index (χ1v) is 11.4. The predicted molar refractivity (Wildman–Crippen MR) is 127 cm³/mol. The van der Waals surface area contributed by atoms with Crippen molar-refractivity contribution in [3.8, 4) is 17.0 Å². The summed E-state index contributed by atoms with van der Waals surface area (Å²) in [7, 11) is 0. The Morgan fingerprint density at radius 2 is 2.03 bits per heavy atom. The first-order chi connectivity index (χ1) is 15.5. The van der Waals surface area contributed by atoms with Crippen LogP contribution in [-0.4, -0.2) is 34.3 Å². The molecule has 1 N–H and O–H groups in total. The Morgan fingerprint density at radius 3 is 2.78 bits per heavy atom. The van der Waals surface area contributed by atoms with E-state index in [0.717, 1.165) is 32.0 Å². The zero-order valence-electron chi connectivity index (χ0n) is 18.1. The van der Waals surface area contributed by atoms with E-state index in [1.807, 2.05) is 63.2 Å². The highest BCUT2D eigenvalue weighted by atomic mass is 32.1. The van der Waals surface area contributed by atoms with Crippen LogP contribution < -0.4 is 9.64 Å². The van der Waals surface area contributed by atoms with Crippen molar-refractivity contribution in [1.82, 2.24) is 9.97 Å². The molecule has 7 heteroatoms. The number of benzene rings is 2. The number of thiazole rings is 1. The molecule has 0 saturated carbocycles. The quantitative estimate of drug-likeness (QED) is 0.423. The number of H-pyrrole nitrogens is 1. The summed E-state index contributed by atoms with van der Waals surface area (Å²) < 4.78 is 5.97. The molecule has 0 spiro atoms. The van der Waals surface area contributed by atoms with Crippen LogP contribution >= 0.6 is 11.3 Å². The number of aromatic nitrogens is 2. The van der Waals surface area contributed by atoms with Gasteiger partial charge in [-0.1, -0.05) is 25.1 Å². The van der Waals surface area contributed by atoms with Gasteiger partial charge in [-0.25, -0.2) is 4.98 Å². The second-order valence-corrected chi connectivity index (χ2v) is 9.34. The van der Waals surface area contributed by atoms with Crippen LogP contribution in [0.25, 0.3) is 22.2 Å². The number of hydrogen-bond donors (Lipinski definition) is 1. The van der Waals surface area contributed by atoms with Gasteiger partial charge in [0.2, 0.25) is 0 Å². The van der Waals surface area contributed by atoms with Crippen LogP contribution in [0.1, 0.15) is 33.6 Å². The molecule has 4 aromatic rings. The molecule has 1 atom stereocenters. The third kappa shape index (κ3) is 3.39. The molecule has 6 nitrogen and oxygen atoms in total. The number of fused-ring (bicyclic) bond motifs is 2. The van der Waals surface area contributed by atoms with Crippen LogP contribution in [0, 0.1) is 13.8 Å². The Bertz CT molecular complexity index is 1350. The van der Waals surface area contributed by atoms with E-state index in [-0.39, 0.29) is 18.2 Å². The van der Waals surface area contributed by atoms with Crippen molar-refractivity contribution in [2.75, 3.05) is 11.4 Å². The Kier molecular flexibility index (Phi) is 5.06. The van der Waals surface area contributed by atoms with Crippen molar-refractivity contribution in [3.63, 3.8) is 0 Å². The Hall–Kier alpha value is -3.45. The van der Waals surface area contributed by atoms with Gasteiger partial charge >= 0.3 is 0 Å². The lowest BCUT2D eigenvalue weighted by Gasteiger charge is -2.34. The lowest BCUT2D eigenvalue weighted by Crippen LogP contribution is -2.47. The standard InChI is InChI=1S/C25H23N3O3S/c1-4-22-25(30)28(13-21(29)18-12-26-19-8-6-5-7-17(18)19)20-11-16(9-10-23(20)31-22)24-14(2)32-15(3)27-24/h5-12,22,26H,4,13H2,1-3H3. The fourth-order valence-corrected chi connectivity index (χ4v) is 5.06. The summed E-state index contributed by atoms with van der Waals surface area (Å²) >= 11 is 1.64. The van der Waals surface area contributed by atoms with Crippen molar-refractivity contribution < 1.29 is 14.3 Å². The van der Waals surface area contributed by atoms with Crippen LogP contribution in [0.5, 0.6) is 5.75 Å². The number of rotatable bonds is 5. The predicted octanol–water partition coefficient (Wildman–Crippen LogP) is 5.30. The zero-order valence-corrected chi connectivity index (χ0v) is 19.0. The summed E-state index contributed by atoms with van der Waals surface area (Å²) in [6, 6.07) is 13.4. The van der Waals surface area contributed by atoms with Crippen molar-refractivity contribution in [1.29, 1.82) is 0 Å². The number of para-hydroxylation sites is 1. The van der Waals surface area contributed by atoms with Crippen LogP contribution in [0.4, 0.5) is 5.69 Å². The minimum atomic E-state index is -0.604. The molecule has 162 valence electrons. The summed E-state index contributed by atoms with van der Waals surface area (Å²) in [6.45, 7) is 5.87. The number of Topliss-reactive ketones (excluding diaryl/α,β-unsaturated/α-hetero) is 1. The summed E-state index contributed by atoms with van der Waals surface area (Å²) in [6.07, 6.45) is 1.64. The number of amides is 1. The maximum atomic E-state index is 13.3. The van der Waals surface area contributed by atoms with Gasteiger partial charge in [0.25, 0.3) is 5.91 Å². The van der Waals surface area contributed by atoms with Gasteiger partial charge in [0.05, 0.1) is 22.9 Å². The second kappa shape index (κ2) is 7.91. The average molecular weight is 446 g/mol. The van der Waals surface area contributed by atoms with Gasteiger partial charge < -0.3 is 9.72 Å². The minimum Gasteiger partial charge on any atom is -0.478 e. The maximum absolute atomic E-state index is 13.3. The smallest absolute Gasteiger partial charge is 0.268 e. The molecule has 2 aromatic heterocycles. The van der Waals surface area contributed by atoms with Crippen LogP contribution in [0.3, 0.4) is 0 Å². The molecular weight excluding hydrogens is 422 g/mol. The Morgan fingerprint density at radius 1 is 1.22 bits per heavy atom. The van der Waals surface area contributed by atoms with Gasteiger partial charge in [-0.05, 0) is 44.5 Å². The fourth-order valence-electron chi connectivity index (χ4n) is 4.22. The molecular formula is C25H23N3O3S. The molecule has 0 radical (unpaired) electrons. The molecule has 5 rings (SSSR count). The summed E-state index contributed by atoms with van der Waals surface area (Å²) in [5, 5.41) is 1.84. The fraction of sp³-hybridized carbons (Fsp3) is 0.240. The third-order valence-corrected chi connectivity index (χ3v) is 6.69. The molecule has 2 aromatic carbocycles. The van der Waals surface area contributed by atoms with Crippen LogP contribution in [0.2, 0.25) is 0 Å². The van der Waals surface area contributed by atoms with Crippen molar-refractivity contribution in [2.45, 2.75) is 33.3 Å². The van der Waals surface area contributed by atoms with Gasteiger partial charge in [0.1, 0.15) is 5.75 Å². The largest absolute Gasteiger partial charge is 0.478 e. The number of nitrogens with one attached hydrogen (secondary N) is 1. The monoisotopic (exact) mass is 445 g/mol. The van der Waals surface area contributed by atoms with E-state index in [2.05, 4.69) is 9.97 Å². The number of aryl methyl sites for hydroxylation is 2. The SMILES string of the molecule is CCC1Oc2ccc(-c3nc(C)sc3C)cc2N(CC(=O)c2c[nH]c3ccccc23)C1=O. The average Bonchev–Trinajstić information content (AvgIpc) is 3.37. The number of carbonyl (C=O) groups is 2. The van der Waals surface area contributed by atoms with E-state index in [1.54, 1.807) is 22.4 Å². The maximum Gasteiger partial charge on any atom is 0.268 e. The van der Waals surface area contributed by atoms with Crippen molar-refractivity contribution >= 4 is 39.6 Å². The van der Waals surface area contributed by atoms with E-state index >= 15 is 0 Å². The molecule has 0 fully saturated rings. The third-order valence-electron chi connectivity index (χ3n) is 5.80.